The number of rotatable bonds is 0. The van der Waals surface area contributed by atoms with Gasteiger partial charge < -0.3 is 14.6 Å². The molecular weight excluding hydrogens is 372 g/mol. The molecule has 2 saturated heterocycles. The highest BCUT2D eigenvalue weighted by Crippen LogP contribution is 2.71. The number of hydrogen-bond acceptors (Lipinski definition) is 3. The molecule has 1 unspecified atom stereocenters. The Morgan fingerprint density at radius 2 is 1.63 bits per heavy atom. The first-order chi connectivity index (χ1) is 14.3. The number of aliphatic hydroxyl groups is 1. The lowest BCUT2D eigenvalue weighted by Crippen LogP contribution is -2.55. The van der Waals surface area contributed by atoms with E-state index in [-0.39, 0.29) is 11.9 Å². The van der Waals surface area contributed by atoms with Crippen LogP contribution >= 0.6 is 0 Å². The summed E-state index contributed by atoms with van der Waals surface area (Å²) in [6, 6.07) is 0. The third-order valence-corrected chi connectivity index (χ3v) is 11.9. The Labute approximate surface area is 183 Å². The summed E-state index contributed by atoms with van der Waals surface area (Å²) in [5, 5.41) is 10.3. The lowest BCUT2D eigenvalue weighted by Gasteiger charge is -2.61. The van der Waals surface area contributed by atoms with Crippen molar-refractivity contribution in [2.45, 2.75) is 110 Å². The first kappa shape index (κ1) is 20.5. The highest BCUT2D eigenvalue weighted by Gasteiger charge is 2.69. The van der Waals surface area contributed by atoms with Crippen LogP contribution in [0.15, 0.2) is 0 Å². The van der Waals surface area contributed by atoms with E-state index in [1.165, 1.54) is 44.9 Å². The van der Waals surface area contributed by atoms with Gasteiger partial charge in [-0.1, -0.05) is 27.7 Å². The fraction of sp³-hybridized carbons (Fsp3) is 1.00. The third kappa shape index (κ3) is 2.61. The van der Waals surface area contributed by atoms with Gasteiger partial charge in [0.25, 0.3) is 0 Å². The van der Waals surface area contributed by atoms with Crippen LogP contribution in [0.5, 0.6) is 0 Å². The van der Waals surface area contributed by atoms with Crippen molar-refractivity contribution >= 4 is 0 Å². The highest BCUT2D eigenvalue weighted by atomic mass is 16.7. The summed E-state index contributed by atoms with van der Waals surface area (Å²) in [5.41, 5.74) is 0.899. The van der Waals surface area contributed by atoms with Gasteiger partial charge in [0.2, 0.25) is 0 Å². The molecule has 3 heteroatoms. The van der Waals surface area contributed by atoms with Crippen molar-refractivity contribution in [3.8, 4) is 0 Å². The SMILES string of the molecule is CC1CC[C@@]2(OC1)O[C@H]1C[C@H]3[C@@H]4CC[C@@H]5C[C@@H](O)CC[C@]5(C)[C@H]4CC[C@]3(C)[C@H]1[C@@H]2C. The topological polar surface area (TPSA) is 38.7 Å². The van der Waals surface area contributed by atoms with Gasteiger partial charge >= 0.3 is 0 Å². The van der Waals surface area contributed by atoms with Crippen LogP contribution < -0.4 is 0 Å². The summed E-state index contributed by atoms with van der Waals surface area (Å²) < 4.78 is 13.4. The van der Waals surface area contributed by atoms with Gasteiger partial charge in [-0.3, -0.25) is 0 Å². The van der Waals surface area contributed by atoms with Crippen molar-refractivity contribution in [1.82, 2.24) is 0 Å². The molecule has 6 rings (SSSR count). The van der Waals surface area contributed by atoms with E-state index in [4.69, 9.17) is 9.47 Å². The summed E-state index contributed by atoms with van der Waals surface area (Å²) in [6.45, 7) is 10.9. The van der Waals surface area contributed by atoms with Crippen molar-refractivity contribution in [2.75, 3.05) is 6.61 Å². The first-order valence-corrected chi connectivity index (χ1v) is 13.3. The van der Waals surface area contributed by atoms with Crippen LogP contribution in [-0.2, 0) is 9.47 Å². The Morgan fingerprint density at radius 1 is 0.833 bits per heavy atom. The smallest absolute Gasteiger partial charge is 0.171 e. The predicted octanol–water partition coefficient (Wildman–Crippen LogP) is 5.79. The van der Waals surface area contributed by atoms with Gasteiger partial charge in [0.15, 0.2) is 5.79 Å². The molecule has 12 atom stereocenters. The molecule has 0 aromatic heterocycles. The zero-order valence-electron chi connectivity index (χ0n) is 19.7. The zero-order chi connectivity index (χ0) is 20.9. The second kappa shape index (κ2) is 6.70. The Bertz CT molecular complexity index is 684. The molecule has 1 spiro atoms. The molecule has 30 heavy (non-hydrogen) atoms. The number of hydrogen-bond donors (Lipinski definition) is 1. The largest absolute Gasteiger partial charge is 0.393 e. The van der Waals surface area contributed by atoms with Gasteiger partial charge in [-0.25, -0.2) is 0 Å². The molecule has 0 aromatic rings. The van der Waals surface area contributed by atoms with Crippen molar-refractivity contribution < 1.29 is 14.6 Å². The maximum Gasteiger partial charge on any atom is 0.171 e. The van der Waals surface area contributed by atoms with E-state index in [9.17, 15) is 5.11 Å². The van der Waals surface area contributed by atoms with Crippen molar-refractivity contribution in [3.05, 3.63) is 0 Å². The zero-order valence-corrected chi connectivity index (χ0v) is 19.7. The summed E-state index contributed by atoms with van der Waals surface area (Å²) in [6.07, 6.45) is 12.9. The van der Waals surface area contributed by atoms with Crippen LogP contribution in [0, 0.1) is 52.3 Å². The van der Waals surface area contributed by atoms with Crippen LogP contribution in [0.2, 0.25) is 0 Å². The van der Waals surface area contributed by atoms with E-state index >= 15 is 0 Å². The molecule has 3 nitrogen and oxygen atoms in total. The molecule has 6 aliphatic rings. The van der Waals surface area contributed by atoms with Gasteiger partial charge in [0, 0.05) is 12.3 Å². The number of fused-ring (bicyclic) bond motifs is 7. The monoisotopic (exact) mass is 416 g/mol. The van der Waals surface area contributed by atoms with Gasteiger partial charge in [-0.15, -0.1) is 0 Å². The highest BCUT2D eigenvalue weighted by molar-refractivity contribution is 5.15. The number of ether oxygens (including phenoxy) is 2. The van der Waals surface area contributed by atoms with Crippen LogP contribution in [0.4, 0.5) is 0 Å². The maximum atomic E-state index is 10.3. The Balaban J connectivity index is 1.26. The molecule has 2 heterocycles. The molecule has 0 amide bonds. The summed E-state index contributed by atoms with van der Waals surface area (Å²) in [4.78, 5) is 0. The van der Waals surface area contributed by atoms with E-state index < -0.39 is 0 Å². The lowest BCUT2D eigenvalue weighted by molar-refractivity contribution is -0.273. The van der Waals surface area contributed by atoms with Crippen LogP contribution in [0.25, 0.3) is 0 Å². The molecule has 4 aliphatic carbocycles. The van der Waals surface area contributed by atoms with Crippen LogP contribution in [0.1, 0.15) is 91.9 Å². The lowest BCUT2D eigenvalue weighted by atomic mass is 9.44. The summed E-state index contributed by atoms with van der Waals surface area (Å²) in [7, 11) is 0. The number of aliphatic hydroxyl groups excluding tert-OH is 1. The molecular formula is C27H44O3. The Hall–Kier alpha value is -0.120. The van der Waals surface area contributed by atoms with Gasteiger partial charge in [-0.05, 0) is 104 Å². The van der Waals surface area contributed by atoms with E-state index in [0.29, 0.717) is 34.7 Å². The van der Waals surface area contributed by atoms with Crippen LogP contribution in [0.3, 0.4) is 0 Å². The summed E-state index contributed by atoms with van der Waals surface area (Å²) in [5.74, 6) is 4.93. The molecule has 1 N–H and O–H groups in total. The molecule has 170 valence electrons. The Kier molecular flexibility index (Phi) is 4.58. The normalized spacial score (nSPS) is 62.5. The molecule has 4 saturated carbocycles. The average Bonchev–Trinajstić information content (AvgIpc) is 3.16. The van der Waals surface area contributed by atoms with Gasteiger partial charge in [0.05, 0.1) is 18.8 Å². The van der Waals surface area contributed by atoms with Crippen molar-refractivity contribution in [3.63, 3.8) is 0 Å². The quantitative estimate of drug-likeness (QED) is 0.543. The molecule has 0 aromatic carbocycles. The van der Waals surface area contributed by atoms with E-state index in [0.717, 1.165) is 49.5 Å². The second-order valence-electron chi connectivity index (χ2n) is 13.1. The van der Waals surface area contributed by atoms with E-state index in [1.807, 2.05) is 0 Å². The Morgan fingerprint density at radius 3 is 2.40 bits per heavy atom. The van der Waals surface area contributed by atoms with Crippen LogP contribution in [-0.4, -0.2) is 29.7 Å². The summed E-state index contributed by atoms with van der Waals surface area (Å²) >= 11 is 0. The standard InChI is InChI=1S/C27H44O3/c1-16-7-12-27(29-15-16)17(2)24-23(30-27)14-22-20-6-5-18-13-19(28)8-10-25(18,3)21(20)9-11-26(22,24)4/h16-24,28H,5-15H2,1-4H3/t16?,17-,18+,19-,20+,21-,22-,23-,24-,25-,26-,27+/m0/s1. The minimum atomic E-state index is -0.282. The first-order valence-electron chi connectivity index (χ1n) is 13.3. The van der Waals surface area contributed by atoms with Crippen molar-refractivity contribution in [2.24, 2.45) is 52.3 Å². The minimum absolute atomic E-state index is 0.0389. The second-order valence-corrected chi connectivity index (χ2v) is 13.1. The van der Waals surface area contributed by atoms with Crippen molar-refractivity contribution in [1.29, 1.82) is 0 Å². The third-order valence-electron chi connectivity index (χ3n) is 11.9. The van der Waals surface area contributed by atoms with E-state index in [2.05, 4.69) is 27.7 Å². The maximum absolute atomic E-state index is 10.3. The van der Waals surface area contributed by atoms with Gasteiger partial charge in [0.1, 0.15) is 0 Å². The average molecular weight is 417 g/mol. The molecule has 0 bridgehead atoms. The van der Waals surface area contributed by atoms with E-state index in [1.54, 1.807) is 0 Å². The molecule has 6 fully saturated rings. The molecule has 2 aliphatic heterocycles. The fourth-order valence-electron chi connectivity index (χ4n) is 10.3. The minimum Gasteiger partial charge on any atom is -0.393 e. The predicted molar refractivity (Wildman–Crippen MR) is 118 cm³/mol. The van der Waals surface area contributed by atoms with Gasteiger partial charge in [-0.2, -0.15) is 0 Å². The fourth-order valence-corrected chi connectivity index (χ4v) is 10.3. The molecule has 0 radical (unpaired) electrons.